The average molecular weight is 351 g/mol. The van der Waals surface area contributed by atoms with E-state index in [4.69, 9.17) is 4.74 Å². The second-order valence-electron chi connectivity index (χ2n) is 5.32. The van der Waals surface area contributed by atoms with Crippen LogP contribution in [0.2, 0.25) is 0 Å². The first kappa shape index (κ1) is 18.6. The molecular formula is C18H16F3NO3. The number of halogens is 3. The van der Waals surface area contributed by atoms with E-state index >= 15 is 0 Å². The SMILES string of the molecule is CCOC(=O)c1ccc(C(Cc2ccncc2)C(=O)C(F)(F)F)cc1. The molecule has 1 unspecified atom stereocenters. The molecule has 0 N–H and O–H groups in total. The van der Waals surface area contributed by atoms with Gasteiger partial charge in [-0.2, -0.15) is 13.2 Å². The Balaban J connectivity index is 2.31. The van der Waals surface area contributed by atoms with Crippen LogP contribution in [0.15, 0.2) is 48.8 Å². The Kier molecular flexibility index (Phi) is 5.90. The summed E-state index contributed by atoms with van der Waals surface area (Å²) in [5.74, 6) is -3.78. The highest BCUT2D eigenvalue weighted by Gasteiger charge is 2.43. The zero-order valence-electron chi connectivity index (χ0n) is 13.4. The first-order valence-corrected chi connectivity index (χ1v) is 7.60. The number of nitrogens with zero attached hydrogens (tertiary/aromatic N) is 1. The Morgan fingerprint density at radius 3 is 2.20 bits per heavy atom. The topological polar surface area (TPSA) is 56.3 Å². The van der Waals surface area contributed by atoms with E-state index in [9.17, 15) is 22.8 Å². The van der Waals surface area contributed by atoms with Crippen LogP contribution in [0.25, 0.3) is 0 Å². The lowest BCUT2D eigenvalue weighted by Crippen LogP contribution is -2.30. The van der Waals surface area contributed by atoms with Crippen molar-refractivity contribution >= 4 is 11.8 Å². The number of carbonyl (C=O) groups excluding carboxylic acids is 2. The lowest BCUT2D eigenvalue weighted by molar-refractivity contribution is -0.172. The quantitative estimate of drug-likeness (QED) is 0.745. The predicted molar refractivity (Wildman–Crippen MR) is 84.1 cm³/mol. The summed E-state index contributed by atoms with van der Waals surface area (Å²) in [7, 11) is 0. The Labute approximate surface area is 142 Å². The standard InChI is InChI=1S/C18H16F3NO3/c1-2-25-17(24)14-5-3-13(4-6-14)15(16(23)18(19,20)21)11-12-7-9-22-10-8-12/h3-10,15H,2,11H2,1H3. The third-order valence-corrected chi connectivity index (χ3v) is 3.61. The molecular weight excluding hydrogens is 335 g/mol. The largest absolute Gasteiger partial charge is 0.462 e. The normalized spacial score (nSPS) is 12.5. The summed E-state index contributed by atoms with van der Waals surface area (Å²) in [6.45, 7) is 1.84. The van der Waals surface area contributed by atoms with Crippen LogP contribution in [-0.4, -0.2) is 29.5 Å². The van der Waals surface area contributed by atoms with E-state index in [1.807, 2.05) is 0 Å². The molecule has 2 aromatic rings. The lowest BCUT2D eigenvalue weighted by atomic mass is 9.88. The summed E-state index contributed by atoms with van der Waals surface area (Å²) in [6.07, 6.45) is -2.15. The number of alkyl halides is 3. The van der Waals surface area contributed by atoms with E-state index in [0.29, 0.717) is 5.56 Å². The predicted octanol–water partition coefficient (Wildman–Crippen LogP) is 3.72. The van der Waals surface area contributed by atoms with Crippen molar-refractivity contribution in [1.82, 2.24) is 4.98 Å². The molecule has 0 spiro atoms. The first-order chi connectivity index (χ1) is 11.8. The highest BCUT2D eigenvalue weighted by molar-refractivity contribution is 5.92. The fraction of sp³-hybridized carbons (Fsp3) is 0.278. The smallest absolute Gasteiger partial charge is 0.450 e. The maximum absolute atomic E-state index is 13.0. The van der Waals surface area contributed by atoms with Crippen LogP contribution in [0.4, 0.5) is 13.2 Å². The number of ketones is 1. The zero-order valence-corrected chi connectivity index (χ0v) is 13.4. The summed E-state index contributed by atoms with van der Waals surface area (Å²) >= 11 is 0. The number of aromatic nitrogens is 1. The van der Waals surface area contributed by atoms with Crippen LogP contribution in [0, 0.1) is 0 Å². The van der Waals surface area contributed by atoms with Crippen molar-refractivity contribution in [2.75, 3.05) is 6.61 Å². The van der Waals surface area contributed by atoms with Crippen molar-refractivity contribution in [1.29, 1.82) is 0 Å². The third kappa shape index (κ3) is 4.89. The maximum Gasteiger partial charge on any atom is 0.450 e. The summed E-state index contributed by atoms with van der Waals surface area (Å²) < 4.78 is 43.7. The van der Waals surface area contributed by atoms with Crippen molar-refractivity contribution in [2.45, 2.75) is 25.4 Å². The zero-order chi connectivity index (χ0) is 18.4. The summed E-state index contributed by atoms with van der Waals surface area (Å²) in [6, 6.07) is 8.53. The van der Waals surface area contributed by atoms with E-state index in [1.165, 1.54) is 36.7 Å². The van der Waals surface area contributed by atoms with Crippen molar-refractivity contribution in [2.24, 2.45) is 0 Å². The first-order valence-electron chi connectivity index (χ1n) is 7.60. The van der Waals surface area contributed by atoms with Gasteiger partial charge in [-0.05, 0) is 48.7 Å². The molecule has 0 fully saturated rings. The molecule has 0 aliphatic rings. The van der Waals surface area contributed by atoms with Gasteiger partial charge in [-0.25, -0.2) is 4.79 Å². The Bertz CT molecular complexity index is 727. The summed E-state index contributed by atoms with van der Waals surface area (Å²) in [5.41, 5.74) is 0.965. The van der Waals surface area contributed by atoms with E-state index in [0.717, 1.165) is 0 Å². The van der Waals surface area contributed by atoms with Gasteiger partial charge in [0.1, 0.15) is 0 Å². The number of ether oxygens (including phenoxy) is 1. The highest BCUT2D eigenvalue weighted by atomic mass is 19.4. The van der Waals surface area contributed by atoms with E-state index in [2.05, 4.69) is 4.98 Å². The molecule has 1 atom stereocenters. The maximum atomic E-state index is 13.0. The minimum atomic E-state index is -4.95. The third-order valence-electron chi connectivity index (χ3n) is 3.61. The van der Waals surface area contributed by atoms with Gasteiger partial charge in [0, 0.05) is 12.4 Å². The molecule has 25 heavy (non-hydrogen) atoms. The van der Waals surface area contributed by atoms with Crippen molar-refractivity contribution < 1.29 is 27.5 Å². The monoisotopic (exact) mass is 351 g/mol. The van der Waals surface area contributed by atoms with Crippen LogP contribution >= 0.6 is 0 Å². The second kappa shape index (κ2) is 7.92. The molecule has 0 bridgehead atoms. The number of esters is 1. The molecule has 1 aromatic heterocycles. The molecule has 0 aliphatic carbocycles. The van der Waals surface area contributed by atoms with Gasteiger partial charge in [-0.3, -0.25) is 9.78 Å². The summed E-state index contributed by atoms with van der Waals surface area (Å²) in [4.78, 5) is 27.3. The number of pyridine rings is 1. The Morgan fingerprint density at radius 2 is 1.68 bits per heavy atom. The number of hydrogen-bond donors (Lipinski definition) is 0. The molecule has 4 nitrogen and oxygen atoms in total. The molecule has 0 radical (unpaired) electrons. The molecule has 0 saturated carbocycles. The van der Waals surface area contributed by atoms with Crippen LogP contribution in [0.1, 0.15) is 34.3 Å². The van der Waals surface area contributed by atoms with Crippen molar-refractivity contribution in [3.8, 4) is 0 Å². The van der Waals surface area contributed by atoms with Crippen LogP contribution in [0.5, 0.6) is 0 Å². The van der Waals surface area contributed by atoms with Gasteiger partial charge in [0.05, 0.1) is 18.1 Å². The Hall–Kier alpha value is -2.70. The number of rotatable bonds is 6. The molecule has 7 heteroatoms. The van der Waals surface area contributed by atoms with E-state index < -0.39 is 23.8 Å². The number of carbonyl (C=O) groups is 2. The number of Topliss-reactive ketones (excluding diaryl/α,β-unsaturated/α-hetero) is 1. The van der Waals surface area contributed by atoms with Gasteiger partial charge < -0.3 is 4.74 Å². The fourth-order valence-electron chi connectivity index (χ4n) is 2.38. The molecule has 0 saturated heterocycles. The molecule has 2 rings (SSSR count). The van der Waals surface area contributed by atoms with E-state index in [-0.39, 0.29) is 24.2 Å². The minimum Gasteiger partial charge on any atom is -0.462 e. The fourth-order valence-corrected chi connectivity index (χ4v) is 2.38. The minimum absolute atomic E-state index is 0.111. The number of hydrogen-bond acceptors (Lipinski definition) is 4. The van der Waals surface area contributed by atoms with E-state index in [1.54, 1.807) is 19.1 Å². The molecule has 0 aliphatic heterocycles. The highest BCUT2D eigenvalue weighted by Crippen LogP contribution is 2.30. The van der Waals surface area contributed by atoms with Gasteiger partial charge >= 0.3 is 12.1 Å². The van der Waals surface area contributed by atoms with Crippen LogP contribution < -0.4 is 0 Å². The van der Waals surface area contributed by atoms with Gasteiger partial charge in [0.15, 0.2) is 0 Å². The van der Waals surface area contributed by atoms with Crippen LogP contribution in [-0.2, 0) is 16.0 Å². The summed E-state index contributed by atoms with van der Waals surface area (Å²) in [5, 5.41) is 0. The van der Waals surface area contributed by atoms with Crippen molar-refractivity contribution in [3.63, 3.8) is 0 Å². The molecule has 1 aromatic carbocycles. The molecule has 132 valence electrons. The second-order valence-corrected chi connectivity index (χ2v) is 5.32. The van der Waals surface area contributed by atoms with Gasteiger partial charge in [0.25, 0.3) is 0 Å². The van der Waals surface area contributed by atoms with Gasteiger partial charge in [0.2, 0.25) is 5.78 Å². The van der Waals surface area contributed by atoms with Crippen LogP contribution in [0.3, 0.4) is 0 Å². The lowest BCUT2D eigenvalue weighted by Gasteiger charge is -2.18. The van der Waals surface area contributed by atoms with Gasteiger partial charge in [-0.15, -0.1) is 0 Å². The molecule has 1 heterocycles. The van der Waals surface area contributed by atoms with Gasteiger partial charge in [-0.1, -0.05) is 12.1 Å². The molecule has 0 amide bonds. The van der Waals surface area contributed by atoms with Crippen molar-refractivity contribution in [3.05, 3.63) is 65.5 Å². The Morgan fingerprint density at radius 1 is 1.08 bits per heavy atom. The number of benzene rings is 1. The average Bonchev–Trinajstić information content (AvgIpc) is 2.59.